The van der Waals surface area contributed by atoms with Crippen molar-refractivity contribution in [3.05, 3.63) is 97.2 Å². The zero-order valence-electron chi connectivity index (χ0n) is 27.6. The average Bonchev–Trinajstić information content (AvgIpc) is 3.47. The van der Waals surface area contributed by atoms with Crippen molar-refractivity contribution in [2.24, 2.45) is 35.5 Å². The fourth-order valence-electron chi connectivity index (χ4n) is 12.9. The number of aromatic nitrogens is 1. The summed E-state index contributed by atoms with van der Waals surface area (Å²) >= 11 is 0. The smallest absolute Gasteiger partial charge is 0.120 e. The summed E-state index contributed by atoms with van der Waals surface area (Å²) in [5.41, 5.74) is 3.54. The molecule has 8 aliphatic carbocycles. The molecule has 5 heteroatoms. The van der Waals surface area contributed by atoms with Crippen LogP contribution in [-0.2, 0) is 24.7 Å². The first-order chi connectivity index (χ1) is 23.0. The topological polar surface area (TPSA) is 43.1 Å². The molecule has 13 rings (SSSR count). The number of hydrogen-bond acceptors (Lipinski definition) is 3. The fraction of sp³-hybridized carbons (Fsp3) is 0.465. The van der Waals surface area contributed by atoms with Gasteiger partial charge < -0.3 is 14.0 Å². The molecule has 3 aromatic carbocycles. The Kier molecular flexibility index (Phi) is 7.73. The standard InChI is InChI=1S/C26H34OP.C17H10NO.Ir/c27-28(24-4-2-1-3-5-24,25-12-18-6-19(13-25)8-20(7-18)14-25)26-15-21-9-22(16-26)11-23(10-21)17-26;1-2-10-16-12(6-1)13-7-5-8-14(17(13)19-16)15-9-3-4-11-18-15;/h1-4,18-23H,6-17H2;1-7,9-11H;/q2*-1;. The number of fused-ring (bicyclic) bond motifs is 3. The van der Waals surface area contributed by atoms with Crippen LogP contribution in [0, 0.1) is 47.6 Å². The monoisotopic (exact) mass is 830 g/mol. The van der Waals surface area contributed by atoms with Gasteiger partial charge in [0.2, 0.25) is 0 Å². The minimum absolute atomic E-state index is 0. The SMILES string of the molecule is O=P(c1[c-]cccc1)(C12CC3CC(CC(C3)C1)C2)C12CC3CC(CC(C3)C1)C2.[Ir].[c-]1ccc2c(oc3ccccc32)c1-c1ccccn1. The van der Waals surface area contributed by atoms with Gasteiger partial charge in [-0.3, -0.25) is 0 Å². The average molecular weight is 830 g/mol. The molecule has 0 unspecified atom stereocenters. The molecule has 1 radical (unpaired) electrons. The van der Waals surface area contributed by atoms with Crippen molar-refractivity contribution in [2.75, 3.05) is 0 Å². The van der Waals surface area contributed by atoms with Crippen LogP contribution in [0.3, 0.4) is 0 Å². The molecular weight excluding hydrogens is 786 g/mol. The van der Waals surface area contributed by atoms with E-state index in [1.54, 1.807) is 6.20 Å². The van der Waals surface area contributed by atoms with Crippen LogP contribution in [0.2, 0.25) is 0 Å². The molecule has 0 saturated heterocycles. The molecule has 8 aliphatic rings. The third-order valence-electron chi connectivity index (χ3n) is 13.6. The second kappa shape index (κ2) is 11.8. The fourth-order valence-corrected chi connectivity index (χ4v) is 18.6. The van der Waals surface area contributed by atoms with Crippen LogP contribution in [0.25, 0.3) is 33.2 Å². The summed E-state index contributed by atoms with van der Waals surface area (Å²) in [7, 11) is -2.53. The van der Waals surface area contributed by atoms with Crippen molar-refractivity contribution in [1.29, 1.82) is 0 Å². The van der Waals surface area contributed by atoms with E-state index in [9.17, 15) is 0 Å². The van der Waals surface area contributed by atoms with Gasteiger partial charge in [-0.15, -0.1) is 23.5 Å². The van der Waals surface area contributed by atoms with Crippen LogP contribution >= 0.6 is 7.14 Å². The van der Waals surface area contributed by atoms with Crippen LogP contribution in [0.4, 0.5) is 0 Å². The van der Waals surface area contributed by atoms with Crippen molar-refractivity contribution < 1.29 is 29.1 Å². The van der Waals surface area contributed by atoms with Gasteiger partial charge in [0.25, 0.3) is 0 Å². The Labute approximate surface area is 298 Å². The third-order valence-corrected chi connectivity index (χ3v) is 18.4. The van der Waals surface area contributed by atoms with E-state index in [2.05, 4.69) is 47.4 Å². The Bertz CT molecular complexity index is 1880. The second-order valence-corrected chi connectivity index (χ2v) is 20.1. The molecule has 0 spiro atoms. The molecule has 3 nitrogen and oxygen atoms in total. The van der Waals surface area contributed by atoms with E-state index in [0.717, 1.165) is 68.7 Å². The third kappa shape index (κ3) is 4.76. The molecule has 8 fully saturated rings. The molecule has 8 bridgehead atoms. The van der Waals surface area contributed by atoms with Gasteiger partial charge in [-0.25, -0.2) is 0 Å². The predicted molar refractivity (Wildman–Crippen MR) is 190 cm³/mol. The van der Waals surface area contributed by atoms with E-state index in [1.165, 1.54) is 82.4 Å². The zero-order chi connectivity index (χ0) is 31.2. The van der Waals surface area contributed by atoms with Gasteiger partial charge in [0.15, 0.2) is 0 Å². The van der Waals surface area contributed by atoms with Gasteiger partial charge in [0.05, 0.1) is 5.58 Å². The summed E-state index contributed by atoms with van der Waals surface area (Å²) in [5, 5.41) is 3.66. The molecule has 48 heavy (non-hydrogen) atoms. The second-order valence-electron chi connectivity index (χ2n) is 16.5. The molecular formula is C43H44IrNO2P-2. The van der Waals surface area contributed by atoms with Gasteiger partial charge in [0.1, 0.15) is 12.7 Å². The van der Waals surface area contributed by atoms with E-state index >= 15 is 4.57 Å². The maximum atomic E-state index is 15.9. The minimum atomic E-state index is -2.53. The Balaban J connectivity index is 0.000000138. The molecule has 0 atom stereocenters. The van der Waals surface area contributed by atoms with Crippen molar-refractivity contribution in [1.82, 2.24) is 4.98 Å². The summed E-state index contributed by atoms with van der Waals surface area (Å²) in [4.78, 5) is 4.38. The molecule has 249 valence electrons. The Morgan fingerprint density at radius 1 is 0.625 bits per heavy atom. The Morgan fingerprint density at radius 3 is 1.73 bits per heavy atom. The van der Waals surface area contributed by atoms with Crippen molar-refractivity contribution in [3.8, 4) is 11.3 Å². The Hall–Kier alpha value is -2.51. The normalized spacial score (nSPS) is 35.2. The number of hydrogen-bond donors (Lipinski definition) is 0. The number of furan rings is 1. The largest absolute Gasteiger partial charge is 0.501 e. The van der Waals surface area contributed by atoms with Gasteiger partial charge in [-0.1, -0.05) is 41.3 Å². The summed E-state index contributed by atoms with van der Waals surface area (Å²) in [6.45, 7) is 0. The summed E-state index contributed by atoms with van der Waals surface area (Å²) in [6.07, 6.45) is 18.1. The van der Waals surface area contributed by atoms with Crippen LogP contribution in [0.15, 0.2) is 89.5 Å². The van der Waals surface area contributed by atoms with Crippen molar-refractivity contribution >= 4 is 34.4 Å². The predicted octanol–water partition coefficient (Wildman–Crippen LogP) is 10.9. The zero-order valence-corrected chi connectivity index (χ0v) is 30.9. The number of para-hydroxylation sites is 1. The molecule has 0 N–H and O–H groups in total. The molecule has 0 aliphatic heterocycles. The molecule has 8 saturated carbocycles. The van der Waals surface area contributed by atoms with Gasteiger partial charge in [-0.05, 0) is 130 Å². The van der Waals surface area contributed by atoms with E-state index in [4.69, 9.17) is 4.42 Å². The molecule has 2 aromatic heterocycles. The summed E-state index contributed by atoms with van der Waals surface area (Å²) in [6, 6.07) is 33.2. The first-order valence-electron chi connectivity index (χ1n) is 18.3. The first-order valence-corrected chi connectivity index (χ1v) is 20.0. The number of nitrogens with zero attached hydrogens (tertiary/aromatic N) is 1. The molecule has 5 aromatic rings. The van der Waals surface area contributed by atoms with E-state index < -0.39 is 7.14 Å². The van der Waals surface area contributed by atoms with Crippen LogP contribution in [-0.4, -0.2) is 15.3 Å². The van der Waals surface area contributed by atoms with E-state index in [-0.39, 0.29) is 30.4 Å². The van der Waals surface area contributed by atoms with Crippen LogP contribution in [0.1, 0.15) is 77.0 Å². The van der Waals surface area contributed by atoms with Gasteiger partial charge in [-0.2, -0.15) is 30.3 Å². The van der Waals surface area contributed by atoms with Gasteiger partial charge >= 0.3 is 0 Å². The summed E-state index contributed by atoms with van der Waals surface area (Å²) < 4.78 is 21.9. The van der Waals surface area contributed by atoms with Crippen LogP contribution in [0.5, 0.6) is 0 Å². The van der Waals surface area contributed by atoms with Gasteiger partial charge in [0, 0.05) is 42.0 Å². The molecule has 0 amide bonds. The molecule has 2 heterocycles. The quantitative estimate of drug-likeness (QED) is 0.134. The maximum Gasteiger partial charge on any atom is 0.120 e. The van der Waals surface area contributed by atoms with E-state index in [0.29, 0.717) is 0 Å². The number of benzene rings is 3. The van der Waals surface area contributed by atoms with Crippen molar-refractivity contribution in [3.63, 3.8) is 0 Å². The van der Waals surface area contributed by atoms with Crippen LogP contribution < -0.4 is 5.30 Å². The maximum absolute atomic E-state index is 15.9. The Morgan fingerprint density at radius 2 is 1.19 bits per heavy atom. The minimum Gasteiger partial charge on any atom is -0.501 e. The number of rotatable bonds is 4. The van der Waals surface area contributed by atoms with E-state index in [1.807, 2.05) is 48.5 Å². The first kappa shape index (κ1) is 31.5. The van der Waals surface area contributed by atoms with Crippen molar-refractivity contribution in [2.45, 2.75) is 87.4 Å². The number of pyridine rings is 1. The summed E-state index contributed by atoms with van der Waals surface area (Å²) in [5.74, 6) is 5.23.